The van der Waals surface area contributed by atoms with E-state index in [0.29, 0.717) is 11.2 Å². The van der Waals surface area contributed by atoms with Gasteiger partial charge >= 0.3 is 0 Å². The lowest BCUT2D eigenvalue weighted by Gasteiger charge is -2.15. The number of para-hydroxylation sites is 1. The smallest absolute Gasteiger partial charge is 0.229 e. The van der Waals surface area contributed by atoms with Gasteiger partial charge in [-0.1, -0.05) is 39.0 Å². The van der Waals surface area contributed by atoms with Crippen LogP contribution < -0.4 is 0 Å². The Hall–Kier alpha value is -1.35. The van der Waals surface area contributed by atoms with Gasteiger partial charge in [-0.05, 0) is 35.6 Å². The Morgan fingerprint density at radius 1 is 1.22 bits per heavy atom. The SMILES string of the molecule is CCCc1nnc(Cl)n1-c1ccccc1C(C)C. The largest absolute Gasteiger partial charge is 0.269 e. The molecule has 1 heterocycles. The van der Waals surface area contributed by atoms with E-state index >= 15 is 0 Å². The van der Waals surface area contributed by atoms with Crippen LogP contribution >= 0.6 is 11.6 Å². The van der Waals surface area contributed by atoms with E-state index in [0.717, 1.165) is 24.4 Å². The second-order valence-corrected chi connectivity index (χ2v) is 5.02. The highest BCUT2D eigenvalue weighted by molar-refractivity contribution is 6.28. The van der Waals surface area contributed by atoms with Gasteiger partial charge in [-0.3, -0.25) is 4.57 Å². The number of rotatable bonds is 4. The molecule has 2 aromatic rings. The average Bonchev–Trinajstić information content (AvgIpc) is 2.71. The molecule has 3 nitrogen and oxygen atoms in total. The van der Waals surface area contributed by atoms with Crippen LogP contribution in [0.1, 0.15) is 44.5 Å². The van der Waals surface area contributed by atoms with E-state index in [1.54, 1.807) is 0 Å². The highest BCUT2D eigenvalue weighted by Crippen LogP contribution is 2.26. The molecular formula is C14H18ClN3. The molecule has 0 unspecified atom stereocenters. The van der Waals surface area contributed by atoms with Crippen LogP contribution in [-0.2, 0) is 6.42 Å². The predicted octanol–water partition coefficient (Wildman–Crippen LogP) is 4.00. The maximum Gasteiger partial charge on any atom is 0.229 e. The molecule has 0 radical (unpaired) electrons. The first-order chi connectivity index (χ1) is 8.65. The molecule has 0 bridgehead atoms. The van der Waals surface area contributed by atoms with Gasteiger partial charge < -0.3 is 0 Å². The van der Waals surface area contributed by atoms with Crippen molar-refractivity contribution in [2.24, 2.45) is 0 Å². The molecule has 0 amide bonds. The van der Waals surface area contributed by atoms with Gasteiger partial charge in [-0.15, -0.1) is 10.2 Å². The molecule has 0 saturated carbocycles. The second-order valence-electron chi connectivity index (χ2n) is 4.68. The molecule has 1 aromatic heterocycles. The third kappa shape index (κ3) is 2.41. The maximum absolute atomic E-state index is 6.18. The zero-order valence-corrected chi connectivity index (χ0v) is 11.8. The number of aromatic nitrogens is 3. The Balaban J connectivity index is 2.58. The monoisotopic (exact) mass is 263 g/mol. The lowest BCUT2D eigenvalue weighted by atomic mass is 10.0. The fraction of sp³-hybridized carbons (Fsp3) is 0.429. The zero-order valence-electron chi connectivity index (χ0n) is 11.0. The van der Waals surface area contributed by atoms with Crippen molar-refractivity contribution in [1.82, 2.24) is 14.8 Å². The Labute approximate surface area is 113 Å². The van der Waals surface area contributed by atoms with Crippen molar-refractivity contribution in [1.29, 1.82) is 0 Å². The van der Waals surface area contributed by atoms with Crippen molar-refractivity contribution >= 4 is 11.6 Å². The lowest BCUT2D eigenvalue weighted by molar-refractivity contribution is 0.785. The molecule has 0 aliphatic carbocycles. The van der Waals surface area contributed by atoms with Crippen LogP contribution in [0.4, 0.5) is 0 Å². The van der Waals surface area contributed by atoms with Gasteiger partial charge in [0.25, 0.3) is 0 Å². The fourth-order valence-corrected chi connectivity index (χ4v) is 2.32. The van der Waals surface area contributed by atoms with Crippen LogP contribution in [0.3, 0.4) is 0 Å². The Morgan fingerprint density at radius 2 is 1.94 bits per heavy atom. The van der Waals surface area contributed by atoms with Crippen molar-refractivity contribution in [3.8, 4) is 5.69 Å². The van der Waals surface area contributed by atoms with Crippen LogP contribution in [0, 0.1) is 0 Å². The molecule has 2 rings (SSSR count). The fourth-order valence-electron chi connectivity index (χ4n) is 2.10. The first-order valence-electron chi connectivity index (χ1n) is 6.34. The summed E-state index contributed by atoms with van der Waals surface area (Å²) < 4.78 is 1.96. The molecular weight excluding hydrogens is 246 g/mol. The third-order valence-electron chi connectivity index (χ3n) is 2.96. The van der Waals surface area contributed by atoms with Gasteiger partial charge in [0.05, 0.1) is 5.69 Å². The minimum Gasteiger partial charge on any atom is -0.269 e. The summed E-state index contributed by atoms with van der Waals surface area (Å²) in [4.78, 5) is 0. The van der Waals surface area contributed by atoms with Crippen molar-refractivity contribution in [3.05, 3.63) is 40.9 Å². The molecule has 4 heteroatoms. The van der Waals surface area contributed by atoms with Crippen molar-refractivity contribution in [2.75, 3.05) is 0 Å². The minimum atomic E-state index is 0.437. The standard InChI is InChI=1S/C14H18ClN3/c1-4-7-13-16-17-14(15)18(13)12-9-6-5-8-11(12)10(2)3/h5-6,8-10H,4,7H2,1-3H3. The van der Waals surface area contributed by atoms with E-state index < -0.39 is 0 Å². The summed E-state index contributed by atoms with van der Waals surface area (Å²) >= 11 is 6.18. The molecule has 0 aliphatic heterocycles. The summed E-state index contributed by atoms with van der Waals surface area (Å²) in [5.74, 6) is 1.37. The van der Waals surface area contributed by atoms with E-state index in [1.165, 1.54) is 5.56 Å². The maximum atomic E-state index is 6.18. The molecule has 96 valence electrons. The third-order valence-corrected chi connectivity index (χ3v) is 3.21. The normalized spacial score (nSPS) is 11.2. The van der Waals surface area contributed by atoms with Gasteiger partial charge in [0, 0.05) is 6.42 Å². The van der Waals surface area contributed by atoms with Crippen LogP contribution in [0.5, 0.6) is 0 Å². The van der Waals surface area contributed by atoms with Gasteiger partial charge in [0.1, 0.15) is 5.82 Å². The summed E-state index contributed by atoms with van der Waals surface area (Å²) in [7, 11) is 0. The number of benzene rings is 1. The first-order valence-corrected chi connectivity index (χ1v) is 6.72. The summed E-state index contributed by atoms with van der Waals surface area (Å²) in [6.45, 7) is 6.48. The number of hydrogen-bond acceptors (Lipinski definition) is 2. The Bertz CT molecular complexity index is 532. The summed E-state index contributed by atoms with van der Waals surface area (Å²) in [6, 6.07) is 8.28. The van der Waals surface area contributed by atoms with Crippen molar-refractivity contribution < 1.29 is 0 Å². The van der Waals surface area contributed by atoms with Gasteiger partial charge in [0.2, 0.25) is 5.28 Å². The van der Waals surface area contributed by atoms with E-state index in [2.05, 4.69) is 49.2 Å². The molecule has 0 fully saturated rings. The Kier molecular flexibility index (Phi) is 4.02. The Morgan fingerprint density at radius 3 is 2.61 bits per heavy atom. The molecule has 0 atom stereocenters. The quantitative estimate of drug-likeness (QED) is 0.835. The molecule has 0 N–H and O–H groups in total. The van der Waals surface area contributed by atoms with Crippen molar-refractivity contribution in [3.63, 3.8) is 0 Å². The van der Waals surface area contributed by atoms with Crippen LogP contribution in [0.15, 0.2) is 24.3 Å². The van der Waals surface area contributed by atoms with Crippen molar-refractivity contribution in [2.45, 2.75) is 39.5 Å². The second kappa shape index (κ2) is 5.53. The van der Waals surface area contributed by atoms with Crippen LogP contribution in [0.2, 0.25) is 5.28 Å². The number of nitrogens with zero attached hydrogens (tertiary/aromatic N) is 3. The highest BCUT2D eigenvalue weighted by Gasteiger charge is 2.15. The van der Waals surface area contributed by atoms with Gasteiger partial charge in [-0.2, -0.15) is 0 Å². The average molecular weight is 264 g/mol. The minimum absolute atomic E-state index is 0.437. The van der Waals surface area contributed by atoms with E-state index in [1.807, 2.05) is 10.6 Å². The predicted molar refractivity (Wildman–Crippen MR) is 74.5 cm³/mol. The molecule has 18 heavy (non-hydrogen) atoms. The van der Waals surface area contributed by atoms with Crippen LogP contribution in [-0.4, -0.2) is 14.8 Å². The lowest BCUT2D eigenvalue weighted by Crippen LogP contribution is -2.05. The number of aryl methyl sites for hydroxylation is 1. The summed E-state index contributed by atoms with van der Waals surface area (Å²) in [5.41, 5.74) is 2.35. The summed E-state index contributed by atoms with van der Waals surface area (Å²) in [5, 5.41) is 8.59. The van der Waals surface area contributed by atoms with Crippen LogP contribution in [0.25, 0.3) is 5.69 Å². The zero-order chi connectivity index (χ0) is 13.1. The first kappa shape index (κ1) is 13.1. The molecule has 1 aromatic carbocycles. The van der Waals surface area contributed by atoms with E-state index in [4.69, 9.17) is 11.6 Å². The number of halogens is 1. The summed E-state index contributed by atoms with van der Waals surface area (Å²) in [6.07, 6.45) is 1.91. The molecule has 0 saturated heterocycles. The highest BCUT2D eigenvalue weighted by atomic mass is 35.5. The molecule has 0 aliphatic rings. The van der Waals surface area contributed by atoms with Gasteiger partial charge in [0.15, 0.2) is 0 Å². The topological polar surface area (TPSA) is 30.7 Å². The van der Waals surface area contributed by atoms with E-state index in [9.17, 15) is 0 Å². The van der Waals surface area contributed by atoms with E-state index in [-0.39, 0.29) is 0 Å². The number of hydrogen-bond donors (Lipinski definition) is 0. The van der Waals surface area contributed by atoms with Gasteiger partial charge in [-0.25, -0.2) is 0 Å². The molecule has 0 spiro atoms.